The number of aromatic amines is 1. The monoisotopic (exact) mass is 248 g/mol. The van der Waals surface area contributed by atoms with Crippen molar-refractivity contribution in [3.05, 3.63) is 34.2 Å². The fourth-order valence-electron chi connectivity index (χ4n) is 2.73. The topological polar surface area (TPSA) is 62.0 Å². The lowest BCUT2D eigenvalue weighted by Gasteiger charge is -2.31. The molecule has 2 atom stereocenters. The van der Waals surface area contributed by atoms with Gasteiger partial charge in [-0.3, -0.25) is 9.59 Å². The molecule has 18 heavy (non-hydrogen) atoms. The third-order valence-electron chi connectivity index (χ3n) is 3.82. The Morgan fingerprint density at radius 1 is 1.44 bits per heavy atom. The third-order valence-corrected chi connectivity index (χ3v) is 3.82. The zero-order valence-electron chi connectivity index (χ0n) is 10.7. The molecule has 0 spiro atoms. The van der Waals surface area contributed by atoms with Crippen molar-refractivity contribution in [2.75, 3.05) is 0 Å². The molecule has 1 aliphatic carbocycles. The number of rotatable bonds is 3. The molecule has 0 saturated heterocycles. The van der Waals surface area contributed by atoms with Crippen LogP contribution in [0.15, 0.2) is 23.3 Å². The van der Waals surface area contributed by atoms with E-state index in [1.807, 2.05) is 0 Å². The van der Waals surface area contributed by atoms with Gasteiger partial charge in [-0.1, -0.05) is 26.2 Å². The number of hydrogen-bond donors (Lipinski definition) is 2. The number of carbonyl (C=O) groups excluding carboxylic acids is 1. The van der Waals surface area contributed by atoms with Crippen molar-refractivity contribution in [3.8, 4) is 0 Å². The molecule has 1 aliphatic rings. The molecule has 0 bridgehead atoms. The summed E-state index contributed by atoms with van der Waals surface area (Å²) in [6.07, 6.45) is 8.69. The molecule has 4 heteroatoms. The molecule has 1 saturated carbocycles. The molecule has 2 N–H and O–H groups in total. The molecular formula is C14H20N2O2. The quantitative estimate of drug-likeness (QED) is 0.860. The van der Waals surface area contributed by atoms with Crippen LogP contribution >= 0.6 is 0 Å². The van der Waals surface area contributed by atoms with Crippen molar-refractivity contribution < 1.29 is 4.79 Å². The summed E-state index contributed by atoms with van der Waals surface area (Å²) >= 11 is 0. The number of aromatic nitrogens is 1. The van der Waals surface area contributed by atoms with Crippen LogP contribution in [0.5, 0.6) is 0 Å². The van der Waals surface area contributed by atoms with Crippen molar-refractivity contribution in [1.29, 1.82) is 0 Å². The summed E-state index contributed by atoms with van der Waals surface area (Å²) in [4.78, 5) is 26.4. The van der Waals surface area contributed by atoms with Crippen molar-refractivity contribution in [3.63, 3.8) is 0 Å². The predicted octanol–water partition coefficient (Wildman–Crippen LogP) is 2.07. The number of nitrogens with one attached hydrogen (secondary N) is 2. The van der Waals surface area contributed by atoms with Crippen LogP contribution in [0.1, 0.15) is 49.4 Å². The molecule has 1 aromatic heterocycles. The van der Waals surface area contributed by atoms with Crippen LogP contribution in [0.2, 0.25) is 0 Å². The minimum Gasteiger partial charge on any atom is -0.367 e. The summed E-state index contributed by atoms with van der Waals surface area (Å²) in [7, 11) is 0. The number of carbonyl (C=O) groups is 1. The standard InChI is InChI=1S/C14H20N2O2/c1-2-10-5-3-4-6-12(10)16-14(18)11-9-15-8-7-13(11)17/h7-10,12H,2-6H2,1H3,(H,15,17)(H,16,18). The number of H-pyrrole nitrogens is 1. The number of hydrogen-bond acceptors (Lipinski definition) is 2. The lowest BCUT2D eigenvalue weighted by Crippen LogP contribution is -2.43. The number of amides is 1. The zero-order chi connectivity index (χ0) is 13.0. The minimum absolute atomic E-state index is 0.206. The SMILES string of the molecule is CCC1CCCCC1NC(=O)c1c[nH]ccc1=O. The second-order valence-corrected chi connectivity index (χ2v) is 4.96. The summed E-state index contributed by atoms with van der Waals surface area (Å²) in [6.45, 7) is 2.16. The first kappa shape index (κ1) is 12.9. The molecule has 0 aliphatic heterocycles. The maximum absolute atomic E-state index is 12.1. The smallest absolute Gasteiger partial charge is 0.256 e. The van der Waals surface area contributed by atoms with Crippen LogP contribution in [-0.2, 0) is 0 Å². The summed E-state index contributed by atoms with van der Waals surface area (Å²) in [5, 5.41) is 3.02. The molecule has 1 fully saturated rings. The summed E-state index contributed by atoms with van der Waals surface area (Å²) in [6, 6.07) is 1.60. The molecule has 2 unspecified atom stereocenters. The van der Waals surface area contributed by atoms with Gasteiger partial charge in [0.2, 0.25) is 0 Å². The van der Waals surface area contributed by atoms with Crippen molar-refractivity contribution in [2.24, 2.45) is 5.92 Å². The highest BCUT2D eigenvalue weighted by Crippen LogP contribution is 2.26. The Morgan fingerprint density at radius 2 is 2.22 bits per heavy atom. The normalized spacial score (nSPS) is 23.6. The highest BCUT2D eigenvalue weighted by atomic mass is 16.2. The highest BCUT2D eigenvalue weighted by Gasteiger charge is 2.25. The molecule has 4 nitrogen and oxygen atoms in total. The Hall–Kier alpha value is -1.58. The molecule has 0 aromatic carbocycles. The lowest BCUT2D eigenvalue weighted by molar-refractivity contribution is 0.0903. The second-order valence-electron chi connectivity index (χ2n) is 4.96. The van der Waals surface area contributed by atoms with E-state index in [0.717, 1.165) is 19.3 Å². The van der Waals surface area contributed by atoms with Gasteiger partial charge in [-0.2, -0.15) is 0 Å². The maximum atomic E-state index is 12.1. The van der Waals surface area contributed by atoms with Gasteiger partial charge < -0.3 is 10.3 Å². The van der Waals surface area contributed by atoms with Crippen LogP contribution in [0, 0.1) is 5.92 Å². The molecule has 1 aromatic rings. The van der Waals surface area contributed by atoms with Crippen molar-refractivity contribution in [2.45, 2.75) is 45.1 Å². The Morgan fingerprint density at radius 3 is 2.94 bits per heavy atom. The number of pyridine rings is 1. The van der Waals surface area contributed by atoms with E-state index >= 15 is 0 Å². The Kier molecular flexibility index (Phi) is 4.18. The molecule has 1 amide bonds. The van der Waals surface area contributed by atoms with Gasteiger partial charge in [0.1, 0.15) is 5.56 Å². The maximum Gasteiger partial charge on any atom is 0.256 e. The highest BCUT2D eigenvalue weighted by molar-refractivity contribution is 5.93. The van der Waals surface area contributed by atoms with Gasteiger partial charge >= 0.3 is 0 Å². The Labute approximate surface area is 107 Å². The third kappa shape index (κ3) is 2.81. The van der Waals surface area contributed by atoms with E-state index in [1.165, 1.54) is 31.3 Å². The van der Waals surface area contributed by atoms with E-state index in [-0.39, 0.29) is 22.9 Å². The molecule has 2 rings (SSSR count). The second kappa shape index (κ2) is 5.85. The van der Waals surface area contributed by atoms with Gasteiger partial charge in [-0.05, 0) is 18.8 Å². The summed E-state index contributed by atoms with van der Waals surface area (Å²) < 4.78 is 0. The van der Waals surface area contributed by atoms with Crippen LogP contribution in [-0.4, -0.2) is 16.9 Å². The zero-order valence-corrected chi connectivity index (χ0v) is 10.7. The minimum atomic E-state index is -0.248. The van der Waals surface area contributed by atoms with E-state index in [1.54, 1.807) is 0 Å². The van der Waals surface area contributed by atoms with E-state index in [2.05, 4.69) is 17.2 Å². The van der Waals surface area contributed by atoms with E-state index in [0.29, 0.717) is 5.92 Å². The molecule has 1 heterocycles. The van der Waals surface area contributed by atoms with Crippen LogP contribution in [0.25, 0.3) is 0 Å². The molecular weight excluding hydrogens is 228 g/mol. The van der Waals surface area contributed by atoms with E-state index in [4.69, 9.17) is 0 Å². The van der Waals surface area contributed by atoms with Gasteiger partial charge in [0.25, 0.3) is 5.91 Å². The first-order chi connectivity index (χ1) is 8.72. The van der Waals surface area contributed by atoms with Gasteiger partial charge in [0.15, 0.2) is 5.43 Å². The summed E-state index contributed by atoms with van der Waals surface area (Å²) in [5.41, 5.74) is -0.0203. The average Bonchev–Trinajstić information content (AvgIpc) is 2.39. The fraction of sp³-hybridized carbons (Fsp3) is 0.571. The van der Waals surface area contributed by atoms with Crippen LogP contribution in [0.3, 0.4) is 0 Å². The Bertz CT molecular complexity index is 467. The van der Waals surface area contributed by atoms with Crippen molar-refractivity contribution >= 4 is 5.91 Å². The predicted molar refractivity (Wildman–Crippen MR) is 70.6 cm³/mol. The average molecular weight is 248 g/mol. The van der Waals surface area contributed by atoms with Crippen molar-refractivity contribution in [1.82, 2.24) is 10.3 Å². The van der Waals surface area contributed by atoms with E-state index in [9.17, 15) is 9.59 Å². The lowest BCUT2D eigenvalue weighted by atomic mass is 9.83. The first-order valence-corrected chi connectivity index (χ1v) is 6.70. The van der Waals surface area contributed by atoms with Gasteiger partial charge in [-0.15, -0.1) is 0 Å². The molecule has 98 valence electrons. The van der Waals surface area contributed by atoms with Crippen LogP contribution < -0.4 is 10.7 Å². The summed E-state index contributed by atoms with van der Waals surface area (Å²) in [5.74, 6) is 0.299. The van der Waals surface area contributed by atoms with E-state index < -0.39 is 0 Å². The largest absolute Gasteiger partial charge is 0.367 e. The Balaban J connectivity index is 2.07. The van der Waals surface area contributed by atoms with Crippen LogP contribution in [0.4, 0.5) is 0 Å². The first-order valence-electron chi connectivity index (χ1n) is 6.70. The molecule has 0 radical (unpaired) electrons. The fourth-order valence-corrected chi connectivity index (χ4v) is 2.73. The van der Waals surface area contributed by atoms with Gasteiger partial charge in [0, 0.05) is 24.5 Å². The van der Waals surface area contributed by atoms with Gasteiger partial charge in [0.05, 0.1) is 0 Å². The van der Waals surface area contributed by atoms with Gasteiger partial charge in [-0.25, -0.2) is 0 Å².